The number of rotatable bonds is 4. The first-order valence-electron chi connectivity index (χ1n) is 9.06. The summed E-state index contributed by atoms with van der Waals surface area (Å²) >= 11 is 0. The van der Waals surface area contributed by atoms with E-state index < -0.39 is 23.8 Å². The van der Waals surface area contributed by atoms with Crippen LogP contribution in [0.3, 0.4) is 0 Å². The van der Waals surface area contributed by atoms with E-state index in [0.717, 1.165) is 6.92 Å². The van der Waals surface area contributed by atoms with Crippen LogP contribution in [0.4, 0.5) is 0 Å². The smallest absolute Gasteiger partial charge is 0.287 e. The van der Waals surface area contributed by atoms with Gasteiger partial charge in [-0.2, -0.15) is 0 Å². The number of fused-ring (bicyclic) bond motifs is 2. The molecule has 2 aliphatic heterocycles. The predicted octanol–water partition coefficient (Wildman–Crippen LogP) is -0.614. The Hall–Kier alpha value is -3.30. The van der Waals surface area contributed by atoms with E-state index in [2.05, 4.69) is 5.32 Å². The molecule has 0 radical (unpaired) electrons. The Balaban J connectivity index is 2.20. The van der Waals surface area contributed by atoms with Crippen molar-refractivity contribution in [3.8, 4) is 17.2 Å². The molecule has 10 nitrogen and oxygen atoms in total. The number of hydrogen-bond donors (Lipinski definition) is 3. The summed E-state index contributed by atoms with van der Waals surface area (Å²) in [5.41, 5.74) is 0.847. The van der Waals surface area contributed by atoms with E-state index in [1.807, 2.05) is 0 Å². The summed E-state index contributed by atoms with van der Waals surface area (Å²) in [5, 5.41) is 23.6. The van der Waals surface area contributed by atoms with Crippen molar-refractivity contribution in [1.29, 1.82) is 0 Å². The number of likely N-dealkylation sites (N-methyl/N-ethyl adjacent to an activating group) is 1. The van der Waals surface area contributed by atoms with Crippen LogP contribution in [0.5, 0.6) is 17.2 Å². The van der Waals surface area contributed by atoms with Gasteiger partial charge in [0.15, 0.2) is 11.5 Å². The van der Waals surface area contributed by atoms with Gasteiger partial charge in [-0.25, -0.2) is 0 Å². The van der Waals surface area contributed by atoms with Crippen LogP contribution < -0.4 is 10.1 Å². The number of ketones is 1. The second-order valence-electron chi connectivity index (χ2n) is 7.24. The van der Waals surface area contributed by atoms with Gasteiger partial charge in [0, 0.05) is 43.6 Å². The van der Waals surface area contributed by atoms with E-state index in [-0.39, 0.29) is 54.1 Å². The molecular weight excluding hydrogens is 382 g/mol. The number of methoxy groups -OCH3 is 1. The van der Waals surface area contributed by atoms with Crippen molar-refractivity contribution in [1.82, 2.24) is 15.1 Å². The van der Waals surface area contributed by atoms with Crippen molar-refractivity contribution in [3.63, 3.8) is 0 Å². The summed E-state index contributed by atoms with van der Waals surface area (Å²) in [4.78, 5) is 51.4. The molecule has 0 aliphatic carbocycles. The standard InChI is InChI=1S/C19H23N3O7/c1-8-15(25)10-5-11-19(28)21(3)7-13(24)22(11)12(6-20-18(27)9(2)23)14(10)17(29-4)16(8)26/h11-12,25-26H,5-7H2,1-4H3,(H,20,27)/t11-,12+/m0/s1. The van der Waals surface area contributed by atoms with Crippen LogP contribution in [0.25, 0.3) is 0 Å². The zero-order valence-corrected chi connectivity index (χ0v) is 16.6. The molecule has 3 rings (SSSR count). The highest BCUT2D eigenvalue weighted by Gasteiger charge is 2.48. The number of aromatic hydroxyl groups is 2. The molecule has 3 amide bonds. The van der Waals surface area contributed by atoms with Crippen molar-refractivity contribution in [3.05, 3.63) is 16.7 Å². The number of hydrogen-bond acceptors (Lipinski definition) is 7. The first kappa shape index (κ1) is 20.4. The Kier molecular flexibility index (Phi) is 5.12. The number of Topliss-reactive ketones (excluding diaryl/α,β-unsaturated/α-hetero) is 1. The third-order valence-electron chi connectivity index (χ3n) is 5.48. The average molecular weight is 405 g/mol. The van der Waals surface area contributed by atoms with Gasteiger partial charge in [-0.15, -0.1) is 0 Å². The Morgan fingerprint density at radius 1 is 1.24 bits per heavy atom. The van der Waals surface area contributed by atoms with Gasteiger partial charge in [0.1, 0.15) is 11.8 Å². The molecular formula is C19H23N3O7. The summed E-state index contributed by atoms with van der Waals surface area (Å²) in [6.07, 6.45) is 0.0325. The van der Waals surface area contributed by atoms with Crippen LogP contribution >= 0.6 is 0 Å². The van der Waals surface area contributed by atoms with Gasteiger partial charge in [-0.1, -0.05) is 0 Å². The van der Waals surface area contributed by atoms with Gasteiger partial charge < -0.3 is 30.1 Å². The maximum atomic E-state index is 12.8. The van der Waals surface area contributed by atoms with Gasteiger partial charge in [0.2, 0.25) is 17.6 Å². The molecule has 1 aromatic rings. The lowest BCUT2D eigenvalue weighted by atomic mass is 9.83. The summed E-state index contributed by atoms with van der Waals surface area (Å²) in [5.74, 6) is -2.66. The van der Waals surface area contributed by atoms with Crippen molar-refractivity contribution < 1.29 is 34.1 Å². The molecule has 0 bridgehead atoms. The zero-order valence-electron chi connectivity index (χ0n) is 16.6. The molecule has 2 heterocycles. The van der Waals surface area contributed by atoms with E-state index in [1.165, 1.54) is 30.9 Å². The third-order valence-corrected chi connectivity index (χ3v) is 5.48. The third kappa shape index (κ3) is 3.14. The van der Waals surface area contributed by atoms with Gasteiger partial charge in [0.05, 0.1) is 19.7 Å². The molecule has 1 fully saturated rings. The molecule has 0 aromatic heterocycles. The highest BCUT2D eigenvalue weighted by atomic mass is 16.5. The lowest BCUT2D eigenvalue weighted by Gasteiger charge is -2.47. The molecule has 0 unspecified atom stereocenters. The van der Waals surface area contributed by atoms with Crippen LogP contribution in [0, 0.1) is 6.92 Å². The lowest BCUT2D eigenvalue weighted by molar-refractivity contribution is -0.158. The lowest BCUT2D eigenvalue weighted by Crippen LogP contribution is -2.63. The van der Waals surface area contributed by atoms with Crippen LogP contribution in [0.1, 0.15) is 29.7 Å². The molecule has 156 valence electrons. The van der Waals surface area contributed by atoms with E-state index in [9.17, 15) is 29.4 Å². The number of nitrogens with one attached hydrogen (secondary N) is 1. The van der Waals surface area contributed by atoms with Crippen molar-refractivity contribution in [2.24, 2.45) is 0 Å². The number of ether oxygens (including phenoxy) is 1. The van der Waals surface area contributed by atoms with Crippen molar-refractivity contribution in [2.75, 3.05) is 27.2 Å². The van der Waals surface area contributed by atoms with E-state index in [0.29, 0.717) is 11.1 Å². The minimum Gasteiger partial charge on any atom is -0.507 e. The van der Waals surface area contributed by atoms with Crippen LogP contribution in [-0.4, -0.2) is 76.8 Å². The normalized spacial score (nSPS) is 20.8. The monoisotopic (exact) mass is 405 g/mol. The van der Waals surface area contributed by atoms with E-state index >= 15 is 0 Å². The van der Waals surface area contributed by atoms with E-state index in [1.54, 1.807) is 0 Å². The fourth-order valence-corrected chi connectivity index (χ4v) is 4.00. The molecule has 3 N–H and O–H groups in total. The van der Waals surface area contributed by atoms with Crippen LogP contribution in [0.2, 0.25) is 0 Å². The number of nitrogens with zero attached hydrogens (tertiary/aromatic N) is 2. The topological polar surface area (TPSA) is 136 Å². The minimum atomic E-state index is -0.912. The van der Waals surface area contributed by atoms with Crippen molar-refractivity contribution >= 4 is 23.5 Å². The summed E-state index contributed by atoms with van der Waals surface area (Å²) in [6, 6.07) is -1.79. The highest BCUT2D eigenvalue weighted by molar-refractivity contribution is 6.35. The van der Waals surface area contributed by atoms with Crippen molar-refractivity contribution in [2.45, 2.75) is 32.4 Å². The van der Waals surface area contributed by atoms with Crippen LogP contribution in [0.15, 0.2) is 0 Å². The highest BCUT2D eigenvalue weighted by Crippen LogP contribution is 2.50. The number of amides is 3. The Morgan fingerprint density at radius 3 is 2.48 bits per heavy atom. The SMILES string of the molecule is COc1c(O)c(C)c(O)c2c1[C@@H](CNC(=O)C(C)=O)N1C(=O)CN(C)C(=O)[C@@H]1C2. The number of benzene rings is 1. The molecule has 29 heavy (non-hydrogen) atoms. The maximum Gasteiger partial charge on any atom is 0.287 e. The van der Waals surface area contributed by atoms with Gasteiger partial charge in [0.25, 0.3) is 5.91 Å². The first-order chi connectivity index (χ1) is 13.6. The Bertz CT molecular complexity index is 927. The fraction of sp³-hybridized carbons (Fsp3) is 0.474. The molecule has 2 atom stereocenters. The quantitative estimate of drug-likeness (QED) is 0.568. The summed E-state index contributed by atoms with van der Waals surface area (Å²) in [6.45, 7) is 2.28. The number of carbonyl (C=O) groups excluding carboxylic acids is 4. The second kappa shape index (κ2) is 7.26. The Labute approximate surface area is 167 Å². The zero-order chi connectivity index (χ0) is 21.6. The molecule has 1 saturated heterocycles. The minimum absolute atomic E-state index is 0.0325. The first-order valence-corrected chi connectivity index (χ1v) is 9.06. The summed E-state index contributed by atoms with van der Waals surface area (Å²) in [7, 11) is 2.85. The number of phenols is 2. The van der Waals surface area contributed by atoms with Gasteiger partial charge >= 0.3 is 0 Å². The van der Waals surface area contributed by atoms with Gasteiger partial charge in [-0.3, -0.25) is 19.2 Å². The molecule has 0 saturated carbocycles. The number of piperazine rings is 1. The summed E-state index contributed by atoms with van der Waals surface area (Å²) < 4.78 is 5.35. The average Bonchev–Trinajstić information content (AvgIpc) is 2.68. The molecule has 0 spiro atoms. The maximum absolute atomic E-state index is 12.8. The van der Waals surface area contributed by atoms with E-state index in [4.69, 9.17) is 4.74 Å². The number of carbonyl (C=O) groups is 4. The predicted molar refractivity (Wildman–Crippen MR) is 99.5 cm³/mol. The number of phenolic OH excluding ortho intramolecular Hbond substituents is 2. The second-order valence-corrected chi connectivity index (χ2v) is 7.24. The molecule has 1 aromatic carbocycles. The molecule has 10 heteroatoms. The Morgan fingerprint density at radius 2 is 1.90 bits per heavy atom. The largest absolute Gasteiger partial charge is 0.507 e. The van der Waals surface area contributed by atoms with Gasteiger partial charge in [-0.05, 0) is 6.92 Å². The van der Waals surface area contributed by atoms with Crippen LogP contribution in [-0.2, 0) is 25.6 Å². The molecule has 2 aliphatic rings. The fourth-order valence-electron chi connectivity index (χ4n) is 4.00.